The highest BCUT2D eigenvalue weighted by Crippen LogP contribution is 2.38. The number of fused-ring (bicyclic) bond motifs is 1. The van der Waals surface area contributed by atoms with Crippen LogP contribution in [0.1, 0.15) is 122 Å². The molecule has 10 N–H and O–H groups in total. The minimum absolute atomic E-state index is 0.00460. The number of nitrogens with zero attached hydrogens (tertiary/aromatic N) is 12. The van der Waals surface area contributed by atoms with Crippen molar-refractivity contribution in [3.05, 3.63) is 141 Å². The Balaban J connectivity index is 0.000000143. The number of hydrogen-bond donors (Lipinski definition) is 10. The van der Waals surface area contributed by atoms with Crippen LogP contribution in [0.5, 0.6) is 17.2 Å². The summed E-state index contributed by atoms with van der Waals surface area (Å²) in [4.78, 5) is 31.4. The molecule has 0 unspecified atom stereocenters. The summed E-state index contributed by atoms with van der Waals surface area (Å²) in [6.07, 6.45) is 22.9. The zero-order valence-corrected chi connectivity index (χ0v) is 55.3. The Morgan fingerprint density at radius 1 is 0.419 bits per heavy atom. The number of imidazole rings is 1. The summed E-state index contributed by atoms with van der Waals surface area (Å²) >= 11 is 0. The van der Waals surface area contributed by atoms with Crippen molar-refractivity contribution in [2.24, 2.45) is 7.05 Å². The number of aromatic amines is 1. The maximum Gasteiger partial charge on any atom is 0.216 e. The number of aromatic hydroxyl groups is 3. The van der Waals surface area contributed by atoms with Gasteiger partial charge in [0.2, 0.25) is 5.95 Å². The highest BCUT2D eigenvalue weighted by Gasteiger charge is 2.40. The molecule has 0 amide bonds. The molecule has 93 heavy (non-hydrogen) atoms. The molecule has 3 saturated heterocycles. The van der Waals surface area contributed by atoms with Crippen LogP contribution in [0.2, 0.25) is 0 Å². The molecule has 13 rings (SSSR count). The van der Waals surface area contributed by atoms with Crippen LogP contribution in [0, 0.1) is 5.95 Å². The van der Waals surface area contributed by atoms with Crippen LogP contribution in [0.3, 0.4) is 0 Å². The Labute approximate surface area is 542 Å². The van der Waals surface area contributed by atoms with Gasteiger partial charge in [-0.2, -0.15) is 19.7 Å². The van der Waals surface area contributed by atoms with E-state index in [1.54, 1.807) is 83.0 Å². The molecular weight excluding hydrogens is 1170 g/mol. The number of aromatic nitrogens is 13. The lowest BCUT2D eigenvalue weighted by atomic mass is 9.79. The van der Waals surface area contributed by atoms with Crippen molar-refractivity contribution in [1.82, 2.24) is 80.4 Å². The molecule has 0 atom stereocenters. The fourth-order valence-corrected chi connectivity index (χ4v) is 14.3. The first kappa shape index (κ1) is 65.1. The van der Waals surface area contributed by atoms with Gasteiger partial charge in [-0.25, -0.2) is 24.5 Å². The lowest BCUT2D eigenvalue weighted by Crippen LogP contribution is -2.60. The van der Waals surface area contributed by atoms with Crippen LogP contribution in [0.25, 0.3) is 73.1 Å². The fraction of sp³-hybridized carbons (Fsp3) is 0.400. The Bertz CT molecular complexity index is 4180. The van der Waals surface area contributed by atoms with Gasteiger partial charge in [-0.3, -0.25) is 24.7 Å². The van der Waals surface area contributed by atoms with Crippen molar-refractivity contribution in [3.63, 3.8) is 0 Å². The number of nitrogens with one attached hydrogen (secondary N) is 7. The zero-order valence-electron chi connectivity index (χ0n) is 55.3. The van der Waals surface area contributed by atoms with Gasteiger partial charge in [0.15, 0.2) is 5.65 Å². The fourth-order valence-electron chi connectivity index (χ4n) is 14.3. The Kier molecular flexibility index (Phi) is 17.9. The number of benzene rings is 3. The van der Waals surface area contributed by atoms with Crippen molar-refractivity contribution in [3.8, 4) is 84.7 Å². The minimum Gasteiger partial charge on any atom is -0.507 e. The number of halogens is 1. The summed E-state index contributed by atoms with van der Waals surface area (Å²) < 4.78 is 17.1. The predicted octanol–water partition coefficient (Wildman–Crippen LogP) is 12.4. The Morgan fingerprint density at radius 3 is 1.15 bits per heavy atom. The largest absolute Gasteiger partial charge is 0.507 e. The summed E-state index contributed by atoms with van der Waals surface area (Å²) in [7, 11) is 1.87. The van der Waals surface area contributed by atoms with Gasteiger partial charge in [-0.15, -0.1) is 0 Å². The molecule has 3 aromatic carbocycles. The van der Waals surface area contributed by atoms with Gasteiger partial charge >= 0.3 is 0 Å². The summed E-state index contributed by atoms with van der Waals surface area (Å²) in [5.74, 6) is 1.96. The predicted molar refractivity (Wildman–Crippen MR) is 363 cm³/mol. The molecule has 486 valence electrons. The summed E-state index contributed by atoms with van der Waals surface area (Å²) in [5.41, 5.74) is 8.77. The van der Waals surface area contributed by atoms with E-state index < -0.39 is 5.95 Å². The molecule has 3 aliphatic rings. The van der Waals surface area contributed by atoms with Crippen molar-refractivity contribution in [2.75, 3.05) is 16.0 Å². The van der Waals surface area contributed by atoms with Gasteiger partial charge in [-0.1, -0.05) is 18.2 Å². The SMILES string of the molecule is CC1(C)CC(Nc2cnc(-c3ccc(-c4ccc5nccn5n4)cc3O)cn2)CC(C)(C)N1.CC1(C)CC(Nc2cnc(-c3ccc(-c4cn[nH]c4F)cc3O)cn2)CC(C)(C)N1.Cn1ccc(-c2ccc(-c3cnc(NC4CC(C)(C)NC(C)(C)C4)cn3)c(O)c2)n1. The quantitative estimate of drug-likeness (QED) is 0.0544. The summed E-state index contributed by atoms with van der Waals surface area (Å²) in [6, 6.07) is 22.5. The first-order valence-electron chi connectivity index (χ1n) is 31.5. The van der Waals surface area contributed by atoms with Crippen molar-refractivity contribution < 1.29 is 19.7 Å². The van der Waals surface area contributed by atoms with E-state index in [1.165, 1.54) is 12.3 Å². The van der Waals surface area contributed by atoms with Gasteiger partial charge in [0.05, 0.1) is 77.4 Å². The summed E-state index contributed by atoms with van der Waals surface area (Å²) in [5, 5.41) is 68.1. The molecule has 3 fully saturated rings. The Morgan fingerprint density at radius 2 is 0.806 bits per heavy atom. The number of H-pyrrole nitrogens is 1. The monoisotopic (exact) mass is 1260 g/mol. The standard InChI is InChI=1S/C25H29N7O.C23H30N6O.C22H27FN6O/c1-24(2)12-17(13-25(3,4)31-24)29-22-15-27-20(14-28-22)18-6-5-16(11-21(18)33)19-7-8-23-26-9-10-32(23)30-19;1-22(2)11-16(12-23(3,4)28-22)26-21-14-24-19(13-25-21)17-7-6-15(10-20(17)30)18-8-9-29(5)27-18;1-21(2)8-14(9-22(3,4)29-21)27-19-12-24-17(11-25-19)15-6-5-13(7-18(15)30)16-10-26-28-20(16)23/h5-11,14-15,17,31,33H,12-13H2,1-4H3,(H,28,29);6-10,13-14,16,28,30H,11-12H2,1-5H3,(H,25,26);5-7,10-12,14,29-30H,8-9H2,1-4H3,(H,25,27)(H,26,28). The third kappa shape index (κ3) is 16.3. The molecule has 22 nitrogen and oxygen atoms in total. The molecule has 0 spiro atoms. The lowest BCUT2D eigenvalue weighted by Gasteiger charge is -2.46. The number of anilines is 3. The van der Waals surface area contributed by atoms with Crippen LogP contribution in [0.15, 0.2) is 135 Å². The van der Waals surface area contributed by atoms with Crippen LogP contribution >= 0.6 is 0 Å². The number of piperidine rings is 3. The van der Waals surface area contributed by atoms with Crippen molar-refractivity contribution >= 4 is 23.1 Å². The average molecular weight is 1260 g/mol. The topological polar surface area (TPSA) is 287 Å². The third-order valence-electron chi connectivity index (χ3n) is 16.9. The second-order valence-corrected chi connectivity index (χ2v) is 28.9. The van der Waals surface area contributed by atoms with E-state index in [-0.39, 0.29) is 56.5 Å². The average Bonchev–Trinajstić information content (AvgIpc) is 1.40. The second-order valence-electron chi connectivity index (χ2n) is 28.9. The van der Waals surface area contributed by atoms with E-state index in [9.17, 15) is 19.7 Å². The van der Waals surface area contributed by atoms with Gasteiger partial charge in [-0.05, 0) is 182 Å². The molecule has 10 heterocycles. The van der Waals surface area contributed by atoms with E-state index in [0.717, 1.165) is 78.3 Å². The van der Waals surface area contributed by atoms with Crippen LogP contribution in [-0.4, -0.2) is 131 Å². The van der Waals surface area contributed by atoms with Gasteiger partial charge in [0, 0.05) is 105 Å². The molecule has 0 saturated carbocycles. The van der Waals surface area contributed by atoms with Gasteiger partial charge in [0.25, 0.3) is 0 Å². The first-order valence-corrected chi connectivity index (χ1v) is 31.5. The number of hydrogen-bond acceptors (Lipinski definition) is 19. The smallest absolute Gasteiger partial charge is 0.216 e. The van der Waals surface area contributed by atoms with E-state index >= 15 is 0 Å². The zero-order chi connectivity index (χ0) is 66.3. The lowest BCUT2D eigenvalue weighted by molar-refractivity contribution is 0.170. The normalized spacial score (nSPS) is 18.1. The highest BCUT2D eigenvalue weighted by atomic mass is 19.1. The molecule has 3 aliphatic heterocycles. The molecule has 0 bridgehead atoms. The number of phenols is 3. The minimum atomic E-state index is -0.540. The molecule has 0 radical (unpaired) electrons. The van der Waals surface area contributed by atoms with E-state index in [2.05, 4.69) is 170 Å². The third-order valence-corrected chi connectivity index (χ3v) is 16.9. The molecule has 23 heteroatoms. The molecule has 7 aromatic heterocycles. The van der Waals surface area contributed by atoms with Crippen molar-refractivity contribution in [1.29, 1.82) is 0 Å². The van der Waals surface area contributed by atoms with Crippen LogP contribution < -0.4 is 31.9 Å². The highest BCUT2D eigenvalue weighted by molar-refractivity contribution is 5.76. The number of aryl methyl sites for hydroxylation is 1. The maximum atomic E-state index is 13.7. The van der Waals surface area contributed by atoms with E-state index in [0.29, 0.717) is 62.8 Å². The van der Waals surface area contributed by atoms with E-state index in [1.807, 2.05) is 55.7 Å². The van der Waals surface area contributed by atoms with Gasteiger partial charge in [0.1, 0.15) is 34.7 Å². The van der Waals surface area contributed by atoms with Gasteiger partial charge < -0.3 is 47.2 Å². The number of rotatable bonds is 12. The number of phenolic OH excluding ortho intramolecular Hbond substituents is 3. The van der Waals surface area contributed by atoms with Crippen molar-refractivity contribution in [2.45, 2.75) is 173 Å². The van der Waals surface area contributed by atoms with Crippen LogP contribution in [-0.2, 0) is 7.05 Å². The molecular formula is C70H86FN19O3. The van der Waals surface area contributed by atoms with Crippen LogP contribution in [0.4, 0.5) is 21.8 Å². The second kappa shape index (κ2) is 25.6. The van der Waals surface area contributed by atoms with E-state index in [4.69, 9.17) is 0 Å². The Hall–Kier alpha value is -9.45. The molecule has 0 aliphatic carbocycles. The summed E-state index contributed by atoms with van der Waals surface area (Å²) in [6.45, 7) is 26.7. The maximum absolute atomic E-state index is 13.7. The molecule has 10 aromatic rings. The first-order chi connectivity index (χ1) is 43.9.